The Morgan fingerprint density at radius 2 is 1.88 bits per heavy atom. The van der Waals surface area contributed by atoms with E-state index in [0.717, 1.165) is 25.1 Å². The maximum absolute atomic E-state index is 13.3. The molecule has 1 aromatic rings. The molecule has 0 saturated heterocycles. The van der Waals surface area contributed by atoms with Crippen LogP contribution in [0.4, 0.5) is 8.78 Å². The first kappa shape index (κ1) is 12.5. The van der Waals surface area contributed by atoms with E-state index in [-0.39, 0.29) is 11.1 Å². The fourth-order valence-corrected chi connectivity index (χ4v) is 1.23. The lowest BCUT2D eigenvalue weighted by Crippen LogP contribution is -2.05. The minimum absolute atomic E-state index is 0.152. The zero-order valence-corrected chi connectivity index (χ0v) is 8.97. The van der Waals surface area contributed by atoms with E-state index in [2.05, 4.69) is 5.32 Å². The highest BCUT2D eigenvalue weighted by Gasteiger charge is 2.06. The molecule has 86 valence electrons. The van der Waals surface area contributed by atoms with Gasteiger partial charge < -0.3 is 5.32 Å². The third kappa shape index (κ3) is 3.24. The molecular weight excluding hydrogens is 212 g/mol. The average Bonchev–Trinajstić information content (AvgIpc) is 2.28. The second kappa shape index (κ2) is 6.12. The van der Waals surface area contributed by atoms with Gasteiger partial charge in [-0.1, -0.05) is 12.2 Å². The van der Waals surface area contributed by atoms with E-state index in [0.29, 0.717) is 6.29 Å². The Kier molecular flexibility index (Phi) is 4.79. The number of carbonyl (C=O) groups is 1. The van der Waals surface area contributed by atoms with Gasteiger partial charge in [0.05, 0.1) is 5.56 Å². The van der Waals surface area contributed by atoms with E-state index in [9.17, 15) is 13.6 Å². The molecular formula is C12H13F2NO. The highest BCUT2D eigenvalue weighted by Crippen LogP contribution is 2.15. The van der Waals surface area contributed by atoms with Crippen molar-refractivity contribution in [2.75, 3.05) is 13.6 Å². The molecule has 1 rings (SSSR count). The van der Waals surface area contributed by atoms with Crippen molar-refractivity contribution in [3.63, 3.8) is 0 Å². The van der Waals surface area contributed by atoms with Crippen LogP contribution in [0.2, 0.25) is 0 Å². The summed E-state index contributed by atoms with van der Waals surface area (Å²) < 4.78 is 26.5. The summed E-state index contributed by atoms with van der Waals surface area (Å²) in [5.74, 6) is -1.30. The van der Waals surface area contributed by atoms with Gasteiger partial charge in [-0.25, -0.2) is 8.78 Å². The van der Waals surface area contributed by atoms with Crippen LogP contribution in [0.15, 0.2) is 18.2 Å². The third-order valence-corrected chi connectivity index (χ3v) is 2.10. The van der Waals surface area contributed by atoms with E-state index in [4.69, 9.17) is 0 Å². The van der Waals surface area contributed by atoms with Gasteiger partial charge in [-0.2, -0.15) is 0 Å². The van der Waals surface area contributed by atoms with Crippen molar-refractivity contribution >= 4 is 12.4 Å². The minimum Gasteiger partial charge on any atom is -0.319 e. The second-order valence-electron chi connectivity index (χ2n) is 3.31. The lowest BCUT2D eigenvalue weighted by Gasteiger charge is -2.00. The molecule has 0 amide bonds. The summed E-state index contributed by atoms with van der Waals surface area (Å²) in [6, 6.07) is 1.93. The van der Waals surface area contributed by atoms with Crippen molar-refractivity contribution in [2.24, 2.45) is 0 Å². The van der Waals surface area contributed by atoms with Crippen LogP contribution in [0.25, 0.3) is 6.08 Å². The van der Waals surface area contributed by atoms with Crippen LogP contribution in [0, 0.1) is 11.6 Å². The molecule has 1 N–H and O–H groups in total. The molecule has 0 heterocycles. The quantitative estimate of drug-likeness (QED) is 0.616. The zero-order valence-electron chi connectivity index (χ0n) is 8.97. The Balaban J connectivity index is 2.85. The molecule has 0 saturated carbocycles. The van der Waals surface area contributed by atoms with Crippen LogP contribution in [0.1, 0.15) is 22.3 Å². The topological polar surface area (TPSA) is 29.1 Å². The summed E-state index contributed by atoms with van der Waals surface area (Å²) in [5.41, 5.74) is -0.107. The summed E-state index contributed by atoms with van der Waals surface area (Å²) in [6.45, 7) is 0.771. The fraction of sp³-hybridized carbons (Fsp3) is 0.250. The van der Waals surface area contributed by atoms with Crippen molar-refractivity contribution in [2.45, 2.75) is 6.42 Å². The highest BCUT2D eigenvalue weighted by molar-refractivity contribution is 5.76. The van der Waals surface area contributed by atoms with Crippen molar-refractivity contribution in [1.29, 1.82) is 0 Å². The first-order valence-electron chi connectivity index (χ1n) is 4.94. The number of hydrogen-bond acceptors (Lipinski definition) is 2. The van der Waals surface area contributed by atoms with E-state index in [1.807, 2.05) is 7.05 Å². The Labute approximate surface area is 93.0 Å². The first-order valence-corrected chi connectivity index (χ1v) is 4.94. The number of carbonyl (C=O) groups excluding carboxylic acids is 1. The molecule has 16 heavy (non-hydrogen) atoms. The molecule has 0 fully saturated rings. The molecule has 0 spiro atoms. The minimum atomic E-state index is -0.704. The molecule has 1 aromatic carbocycles. The van der Waals surface area contributed by atoms with Crippen LogP contribution >= 0.6 is 0 Å². The SMILES string of the molecule is CNCCC=Cc1cc(F)c(C=O)cc1F. The lowest BCUT2D eigenvalue weighted by atomic mass is 10.1. The molecule has 4 heteroatoms. The Bertz CT molecular complexity index is 402. The summed E-state index contributed by atoms with van der Waals surface area (Å²) >= 11 is 0. The number of benzene rings is 1. The number of nitrogens with one attached hydrogen (secondary N) is 1. The average molecular weight is 225 g/mol. The first-order chi connectivity index (χ1) is 7.69. The fourth-order valence-electron chi connectivity index (χ4n) is 1.23. The van der Waals surface area contributed by atoms with Gasteiger partial charge in [0, 0.05) is 5.56 Å². The van der Waals surface area contributed by atoms with Crippen LogP contribution < -0.4 is 5.32 Å². The molecule has 0 aliphatic rings. The molecule has 0 radical (unpaired) electrons. The molecule has 0 unspecified atom stereocenters. The predicted molar refractivity (Wildman–Crippen MR) is 59.3 cm³/mol. The van der Waals surface area contributed by atoms with Crippen molar-refractivity contribution in [1.82, 2.24) is 5.32 Å². The number of rotatable bonds is 5. The van der Waals surface area contributed by atoms with Gasteiger partial charge in [0.15, 0.2) is 6.29 Å². The monoisotopic (exact) mass is 225 g/mol. The number of hydrogen-bond donors (Lipinski definition) is 1. The normalized spacial score (nSPS) is 10.9. The standard InChI is InChI=1S/C12H13F2NO/c1-15-5-3-2-4-9-6-12(14)10(8-16)7-11(9)13/h2,4,6-8,15H,3,5H2,1H3. The maximum Gasteiger partial charge on any atom is 0.153 e. The zero-order chi connectivity index (χ0) is 12.0. The van der Waals surface area contributed by atoms with Crippen LogP contribution in [0.3, 0.4) is 0 Å². The summed E-state index contributed by atoms with van der Waals surface area (Å²) in [7, 11) is 1.81. The Hall–Kier alpha value is -1.55. The van der Waals surface area contributed by atoms with Crippen LogP contribution in [0.5, 0.6) is 0 Å². The Morgan fingerprint density at radius 1 is 1.25 bits per heavy atom. The van der Waals surface area contributed by atoms with Gasteiger partial charge in [0.1, 0.15) is 11.6 Å². The highest BCUT2D eigenvalue weighted by atomic mass is 19.1. The summed E-state index contributed by atoms with van der Waals surface area (Å²) in [6.07, 6.45) is 4.28. The van der Waals surface area contributed by atoms with Crippen LogP contribution in [-0.2, 0) is 0 Å². The van der Waals surface area contributed by atoms with Gasteiger partial charge in [-0.05, 0) is 32.1 Å². The van der Waals surface area contributed by atoms with Crippen molar-refractivity contribution < 1.29 is 13.6 Å². The Morgan fingerprint density at radius 3 is 2.50 bits per heavy atom. The summed E-state index contributed by atoms with van der Waals surface area (Å²) in [5, 5.41) is 2.93. The lowest BCUT2D eigenvalue weighted by molar-refractivity contribution is 0.111. The van der Waals surface area contributed by atoms with E-state index < -0.39 is 11.6 Å². The van der Waals surface area contributed by atoms with Gasteiger partial charge in [-0.15, -0.1) is 0 Å². The smallest absolute Gasteiger partial charge is 0.153 e. The van der Waals surface area contributed by atoms with Gasteiger partial charge >= 0.3 is 0 Å². The summed E-state index contributed by atoms with van der Waals surface area (Å²) in [4.78, 5) is 10.4. The van der Waals surface area contributed by atoms with E-state index in [1.165, 1.54) is 6.08 Å². The van der Waals surface area contributed by atoms with Gasteiger partial charge in [-0.3, -0.25) is 4.79 Å². The molecule has 2 nitrogen and oxygen atoms in total. The van der Waals surface area contributed by atoms with Crippen molar-refractivity contribution in [3.05, 3.63) is 41.0 Å². The van der Waals surface area contributed by atoms with E-state index in [1.54, 1.807) is 6.08 Å². The molecule has 0 bridgehead atoms. The molecule has 0 aliphatic heterocycles. The van der Waals surface area contributed by atoms with Crippen molar-refractivity contribution in [3.8, 4) is 0 Å². The van der Waals surface area contributed by atoms with Gasteiger partial charge in [0.25, 0.3) is 0 Å². The largest absolute Gasteiger partial charge is 0.319 e. The molecule has 0 aromatic heterocycles. The molecule has 0 atom stereocenters. The third-order valence-electron chi connectivity index (χ3n) is 2.10. The maximum atomic E-state index is 13.3. The van der Waals surface area contributed by atoms with Crippen LogP contribution in [-0.4, -0.2) is 19.9 Å². The number of halogens is 2. The van der Waals surface area contributed by atoms with E-state index >= 15 is 0 Å². The predicted octanol–water partition coefficient (Wildman–Crippen LogP) is 2.40. The molecule has 0 aliphatic carbocycles. The second-order valence-corrected chi connectivity index (χ2v) is 3.31. The van der Waals surface area contributed by atoms with Gasteiger partial charge in [0.2, 0.25) is 0 Å². The number of aldehydes is 1.